The van der Waals surface area contributed by atoms with Crippen molar-refractivity contribution in [3.63, 3.8) is 0 Å². The first-order valence-electron chi connectivity index (χ1n) is 9.16. The molecule has 0 atom stereocenters. The van der Waals surface area contributed by atoms with E-state index in [-0.39, 0.29) is 16.6 Å². The number of piperazine rings is 1. The molecule has 6 nitrogen and oxygen atoms in total. The number of primary sulfonamides is 1. The molecule has 3 rings (SSSR count). The summed E-state index contributed by atoms with van der Waals surface area (Å²) >= 11 is 6.10. The fourth-order valence-electron chi connectivity index (χ4n) is 3.44. The highest BCUT2D eigenvalue weighted by Gasteiger charge is 2.25. The van der Waals surface area contributed by atoms with Gasteiger partial charge in [-0.15, -0.1) is 0 Å². The molecule has 1 aliphatic rings. The van der Waals surface area contributed by atoms with E-state index in [0.29, 0.717) is 60.0 Å². The second-order valence-corrected chi connectivity index (χ2v) is 9.17. The number of aryl methyl sites for hydroxylation is 1. The zero-order valence-electron chi connectivity index (χ0n) is 16.3. The van der Waals surface area contributed by atoms with Gasteiger partial charge in [0.05, 0.1) is 4.90 Å². The number of benzene rings is 2. The summed E-state index contributed by atoms with van der Waals surface area (Å²) in [5, 5.41) is 5.67. The largest absolute Gasteiger partial charge is 0.336 e. The summed E-state index contributed by atoms with van der Waals surface area (Å²) in [7, 11) is -3.92. The van der Waals surface area contributed by atoms with Crippen molar-refractivity contribution >= 4 is 27.5 Å². The maximum absolute atomic E-state index is 14.0. The van der Waals surface area contributed by atoms with Gasteiger partial charge in [0.1, 0.15) is 5.82 Å². The SMILES string of the molecule is Cc1cc(C(=O)N2CCN(Cc3c(F)cccc3Cl)CC2)cc(S(N)(=O)=O)c1C. The zero-order chi connectivity index (χ0) is 21.3. The number of amides is 1. The van der Waals surface area contributed by atoms with Crippen molar-refractivity contribution in [1.29, 1.82) is 0 Å². The molecule has 1 saturated heterocycles. The molecule has 0 saturated carbocycles. The van der Waals surface area contributed by atoms with E-state index in [0.717, 1.165) is 0 Å². The van der Waals surface area contributed by atoms with Crippen molar-refractivity contribution in [2.75, 3.05) is 26.2 Å². The monoisotopic (exact) mass is 439 g/mol. The Hall–Kier alpha value is -2.00. The van der Waals surface area contributed by atoms with Gasteiger partial charge in [0.15, 0.2) is 0 Å². The normalized spacial score (nSPS) is 15.6. The van der Waals surface area contributed by atoms with Crippen molar-refractivity contribution < 1.29 is 17.6 Å². The number of sulfonamides is 1. The van der Waals surface area contributed by atoms with E-state index in [4.69, 9.17) is 16.7 Å². The van der Waals surface area contributed by atoms with E-state index in [2.05, 4.69) is 0 Å². The minimum atomic E-state index is -3.92. The van der Waals surface area contributed by atoms with Crippen molar-refractivity contribution in [3.05, 3.63) is 63.4 Å². The average Bonchev–Trinajstić information content (AvgIpc) is 2.66. The molecule has 2 aromatic carbocycles. The van der Waals surface area contributed by atoms with Gasteiger partial charge in [-0.2, -0.15) is 0 Å². The lowest BCUT2D eigenvalue weighted by molar-refractivity contribution is 0.0626. The topological polar surface area (TPSA) is 83.7 Å². The van der Waals surface area contributed by atoms with Gasteiger partial charge in [0.2, 0.25) is 10.0 Å². The van der Waals surface area contributed by atoms with Gasteiger partial charge in [-0.05, 0) is 49.2 Å². The highest BCUT2D eigenvalue weighted by atomic mass is 35.5. The summed E-state index contributed by atoms with van der Waals surface area (Å²) in [5.41, 5.74) is 1.96. The standard InChI is InChI=1S/C20H23ClFN3O3S/c1-13-10-15(11-19(14(13)2)29(23,27)28)20(26)25-8-6-24(7-9-25)12-16-17(21)4-3-5-18(16)22/h3-5,10-11H,6-9,12H2,1-2H3,(H2,23,27,28). The lowest BCUT2D eigenvalue weighted by Crippen LogP contribution is -2.48. The molecule has 0 aliphatic carbocycles. The van der Waals surface area contributed by atoms with Crippen LogP contribution in [-0.4, -0.2) is 50.3 Å². The maximum Gasteiger partial charge on any atom is 0.253 e. The molecular weight excluding hydrogens is 417 g/mol. The molecule has 156 valence electrons. The lowest BCUT2D eigenvalue weighted by atomic mass is 10.0. The fraction of sp³-hybridized carbons (Fsp3) is 0.350. The second kappa shape index (κ2) is 8.39. The summed E-state index contributed by atoms with van der Waals surface area (Å²) < 4.78 is 37.7. The molecule has 0 bridgehead atoms. The van der Waals surface area contributed by atoms with Crippen molar-refractivity contribution in [2.24, 2.45) is 5.14 Å². The van der Waals surface area contributed by atoms with Gasteiger partial charge in [-0.1, -0.05) is 17.7 Å². The summed E-state index contributed by atoms with van der Waals surface area (Å²) in [4.78, 5) is 16.6. The maximum atomic E-state index is 14.0. The minimum Gasteiger partial charge on any atom is -0.336 e. The number of nitrogens with two attached hydrogens (primary N) is 1. The third-order valence-corrected chi connectivity index (χ3v) is 6.67. The van der Waals surface area contributed by atoms with Crippen LogP contribution in [-0.2, 0) is 16.6 Å². The van der Waals surface area contributed by atoms with Gasteiger partial charge in [0.25, 0.3) is 5.91 Å². The first-order chi connectivity index (χ1) is 13.6. The second-order valence-electron chi connectivity index (χ2n) is 7.23. The Morgan fingerprint density at radius 1 is 1.17 bits per heavy atom. The molecule has 1 amide bonds. The number of hydrogen-bond donors (Lipinski definition) is 1. The molecular formula is C20H23ClFN3O3S. The molecule has 9 heteroatoms. The van der Waals surface area contributed by atoms with Crippen LogP contribution in [0.15, 0.2) is 35.2 Å². The van der Waals surface area contributed by atoms with Gasteiger partial charge in [-0.3, -0.25) is 9.69 Å². The van der Waals surface area contributed by atoms with Crippen LogP contribution in [0.5, 0.6) is 0 Å². The molecule has 0 radical (unpaired) electrons. The Kier molecular flexibility index (Phi) is 6.28. The highest BCUT2D eigenvalue weighted by Crippen LogP contribution is 2.23. The van der Waals surface area contributed by atoms with Crippen LogP contribution in [0.1, 0.15) is 27.0 Å². The van der Waals surface area contributed by atoms with E-state index < -0.39 is 10.0 Å². The van der Waals surface area contributed by atoms with Gasteiger partial charge in [0, 0.05) is 48.9 Å². The molecule has 0 aromatic heterocycles. The van der Waals surface area contributed by atoms with Crippen molar-refractivity contribution in [2.45, 2.75) is 25.3 Å². The van der Waals surface area contributed by atoms with E-state index in [1.54, 1.807) is 36.9 Å². The quantitative estimate of drug-likeness (QED) is 0.793. The Morgan fingerprint density at radius 3 is 2.41 bits per heavy atom. The number of carbonyl (C=O) groups is 1. The number of hydrogen-bond acceptors (Lipinski definition) is 4. The first-order valence-corrected chi connectivity index (χ1v) is 11.1. The van der Waals surface area contributed by atoms with Crippen LogP contribution in [0.3, 0.4) is 0 Å². The highest BCUT2D eigenvalue weighted by molar-refractivity contribution is 7.89. The molecule has 29 heavy (non-hydrogen) atoms. The van der Waals surface area contributed by atoms with Gasteiger partial charge >= 0.3 is 0 Å². The van der Waals surface area contributed by atoms with Crippen LogP contribution < -0.4 is 5.14 Å². The smallest absolute Gasteiger partial charge is 0.253 e. The van der Waals surface area contributed by atoms with Crippen LogP contribution in [0.4, 0.5) is 4.39 Å². The Balaban J connectivity index is 1.72. The predicted octanol–water partition coefficient (Wildman–Crippen LogP) is 2.70. The molecule has 0 unspecified atom stereocenters. The van der Waals surface area contributed by atoms with E-state index in [1.165, 1.54) is 12.1 Å². The molecule has 0 spiro atoms. The molecule has 2 N–H and O–H groups in total. The van der Waals surface area contributed by atoms with Gasteiger partial charge in [-0.25, -0.2) is 17.9 Å². The lowest BCUT2D eigenvalue weighted by Gasteiger charge is -2.35. The third kappa shape index (κ3) is 4.78. The summed E-state index contributed by atoms with van der Waals surface area (Å²) in [5.74, 6) is -0.594. The van der Waals surface area contributed by atoms with E-state index in [1.807, 2.05) is 4.90 Å². The Bertz CT molecular complexity index is 1030. The number of nitrogens with zero attached hydrogens (tertiary/aromatic N) is 2. The summed E-state index contributed by atoms with van der Waals surface area (Å²) in [6, 6.07) is 7.62. The van der Waals surface area contributed by atoms with Crippen molar-refractivity contribution in [3.8, 4) is 0 Å². The van der Waals surface area contributed by atoms with Gasteiger partial charge < -0.3 is 4.90 Å². The zero-order valence-corrected chi connectivity index (χ0v) is 17.9. The number of halogens is 2. The number of rotatable bonds is 4. The summed E-state index contributed by atoms with van der Waals surface area (Å²) in [6.07, 6.45) is 0. The molecule has 1 heterocycles. The van der Waals surface area contributed by atoms with E-state index >= 15 is 0 Å². The first kappa shape index (κ1) is 21.7. The molecule has 1 fully saturated rings. The van der Waals surface area contributed by atoms with E-state index in [9.17, 15) is 17.6 Å². The average molecular weight is 440 g/mol. The number of carbonyl (C=O) groups excluding carboxylic acids is 1. The predicted molar refractivity (Wildman–Crippen MR) is 110 cm³/mol. The molecule has 1 aliphatic heterocycles. The van der Waals surface area contributed by atoms with Crippen LogP contribution >= 0.6 is 11.6 Å². The minimum absolute atomic E-state index is 0.0336. The van der Waals surface area contributed by atoms with Crippen molar-refractivity contribution in [1.82, 2.24) is 9.80 Å². The summed E-state index contributed by atoms with van der Waals surface area (Å²) in [6.45, 7) is 5.79. The fourth-order valence-corrected chi connectivity index (χ4v) is 4.55. The Labute approximate surface area is 175 Å². The molecule has 2 aromatic rings. The Morgan fingerprint density at radius 2 is 1.83 bits per heavy atom. The van der Waals surface area contributed by atoms with Crippen LogP contribution in [0, 0.1) is 19.7 Å². The third-order valence-electron chi connectivity index (χ3n) is 5.28. The van der Waals surface area contributed by atoms with Crippen LogP contribution in [0.25, 0.3) is 0 Å². The van der Waals surface area contributed by atoms with Crippen LogP contribution in [0.2, 0.25) is 5.02 Å².